The van der Waals surface area contributed by atoms with E-state index in [1.807, 2.05) is 36.4 Å². The summed E-state index contributed by atoms with van der Waals surface area (Å²) in [6.07, 6.45) is 0.808. The van der Waals surface area contributed by atoms with Crippen molar-refractivity contribution in [3.63, 3.8) is 0 Å². The Morgan fingerprint density at radius 3 is 2.76 bits per heavy atom. The van der Waals surface area contributed by atoms with Gasteiger partial charge in [0.2, 0.25) is 0 Å². The second-order valence-corrected chi connectivity index (χ2v) is 9.76. The molecule has 0 saturated heterocycles. The molecule has 1 aliphatic rings. The first-order valence-electron chi connectivity index (χ1n) is 7.61. The monoisotopic (exact) mass is 484 g/mol. The van der Waals surface area contributed by atoms with Crippen molar-refractivity contribution >= 4 is 58.5 Å². The molecule has 2 aromatic rings. The number of fused-ring (bicyclic) bond motifs is 1. The minimum absolute atomic E-state index is 0.157. The molecule has 1 aliphatic heterocycles. The van der Waals surface area contributed by atoms with E-state index in [0.29, 0.717) is 18.9 Å². The normalized spacial score (nSPS) is 15.8. The second-order valence-electron chi connectivity index (χ2n) is 5.28. The first-order valence-corrected chi connectivity index (χ1v) is 12.2. The Hall–Kier alpha value is -0.905. The maximum atomic E-state index is 7.03. The Morgan fingerprint density at radius 2 is 2.04 bits per heavy atom. The van der Waals surface area contributed by atoms with Crippen molar-refractivity contribution < 1.29 is 8.92 Å². The number of ether oxygens (including phenoxy) is 1. The van der Waals surface area contributed by atoms with Crippen LogP contribution >= 0.6 is 33.0 Å². The summed E-state index contributed by atoms with van der Waals surface area (Å²) in [4.78, 5) is 1.17. The fourth-order valence-electron chi connectivity index (χ4n) is 2.37. The standard InChI is InChI=1S/C16H16BIN3O2S2/c17-25(18)23-9-1-8-22-13-6-7-14-15(10-13)24-16(20-14)11-2-4-12(21-19)5-3-11/h2-7,10,16,19-20H,1,8-9H2/q-1. The fourth-order valence-corrected chi connectivity index (χ4v) is 4.36. The third-order valence-electron chi connectivity index (χ3n) is 3.56. The van der Waals surface area contributed by atoms with Gasteiger partial charge in [0, 0.05) is 0 Å². The van der Waals surface area contributed by atoms with Gasteiger partial charge in [0.05, 0.1) is 5.69 Å². The molecule has 5 nitrogen and oxygen atoms in total. The summed E-state index contributed by atoms with van der Waals surface area (Å²) < 4.78 is 11.1. The van der Waals surface area contributed by atoms with Gasteiger partial charge in [-0.05, 0) is 12.1 Å². The summed E-state index contributed by atoms with van der Waals surface area (Å²) >= 11 is 3.81. The Morgan fingerprint density at radius 1 is 1.24 bits per heavy atom. The van der Waals surface area contributed by atoms with Crippen LogP contribution in [0, 0.1) is 5.53 Å². The molecule has 1 unspecified atom stereocenters. The van der Waals surface area contributed by atoms with Crippen LogP contribution in [0.2, 0.25) is 0 Å². The van der Waals surface area contributed by atoms with E-state index in [1.165, 1.54) is 4.90 Å². The van der Waals surface area contributed by atoms with Gasteiger partial charge in [0.15, 0.2) is 0 Å². The van der Waals surface area contributed by atoms with E-state index in [2.05, 4.69) is 37.7 Å². The zero-order chi connectivity index (χ0) is 17.6. The quantitative estimate of drug-likeness (QED) is 0.184. The van der Waals surface area contributed by atoms with E-state index in [-0.39, 0.29) is 5.37 Å². The first kappa shape index (κ1) is 18.9. The molecule has 2 N–H and O–H groups in total. The molecule has 1 atom stereocenters. The number of hydrogen-bond acceptors (Lipinski definition) is 7. The van der Waals surface area contributed by atoms with Gasteiger partial charge in [-0.3, -0.25) is 0 Å². The van der Waals surface area contributed by atoms with Crippen LogP contribution in [0.1, 0.15) is 17.4 Å². The summed E-state index contributed by atoms with van der Waals surface area (Å²) in [5.41, 5.74) is 9.96. The number of anilines is 1. The molecule has 0 radical (unpaired) electrons. The molecule has 0 spiro atoms. The molecule has 0 aliphatic carbocycles. The van der Waals surface area contributed by atoms with E-state index >= 15 is 0 Å². The number of hydrogen-bond donors (Lipinski definition) is 2. The van der Waals surface area contributed by atoms with Gasteiger partial charge in [-0.2, -0.15) is 5.11 Å². The van der Waals surface area contributed by atoms with Crippen molar-refractivity contribution in [1.82, 2.24) is 0 Å². The number of benzene rings is 2. The third kappa shape index (κ3) is 5.29. The summed E-state index contributed by atoms with van der Waals surface area (Å²) in [7, 11) is -0.501. The van der Waals surface area contributed by atoms with Gasteiger partial charge in [-0.1, -0.05) is 12.1 Å². The zero-order valence-electron chi connectivity index (χ0n) is 13.3. The molecule has 130 valence electrons. The molecule has 2 aromatic carbocycles. The molecular formula is C16H16BIN3O2S2-. The minimum atomic E-state index is -0.501. The van der Waals surface area contributed by atoms with Crippen molar-refractivity contribution in [3.05, 3.63) is 48.0 Å². The van der Waals surface area contributed by atoms with Gasteiger partial charge in [0.25, 0.3) is 0 Å². The number of rotatable bonds is 7. The summed E-state index contributed by atoms with van der Waals surface area (Å²) in [5.74, 6) is 0.860. The van der Waals surface area contributed by atoms with Crippen molar-refractivity contribution in [3.8, 4) is 5.75 Å². The van der Waals surface area contributed by atoms with Crippen LogP contribution in [0.3, 0.4) is 0 Å². The van der Waals surface area contributed by atoms with E-state index in [1.54, 1.807) is 11.8 Å². The van der Waals surface area contributed by atoms with Gasteiger partial charge < -0.3 is 0 Å². The number of nitrogens with one attached hydrogen (secondary N) is 2. The van der Waals surface area contributed by atoms with E-state index < -0.39 is 7.58 Å². The third-order valence-corrected chi connectivity index (χ3v) is 5.93. The fraction of sp³-hybridized carbons (Fsp3) is 0.250. The Bertz CT molecular complexity index is 826. The summed E-state index contributed by atoms with van der Waals surface area (Å²) in [5, 5.41) is 7.09. The van der Waals surface area contributed by atoms with Crippen LogP contribution in [0.5, 0.6) is 5.75 Å². The molecule has 25 heavy (non-hydrogen) atoms. The molecule has 1 heterocycles. The zero-order valence-corrected chi connectivity index (χ0v) is 17.1. The SMILES string of the molecule is B#[S-](I)OCCCOc1ccc2c(c1)SC(c1ccc(N=N)cc1)N2. The predicted octanol–water partition coefficient (Wildman–Crippen LogP) is 5.32. The molecule has 0 aromatic heterocycles. The summed E-state index contributed by atoms with van der Waals surface area (Å²) in [6, 6.07) is 13.8. The average Bonchev–Trinajstić information content (AvgIpc) is 3.04. The maximum absolute atomic E-state index is 7.03. The van der Waals surface area contributed by atoms with Gasteiger partial charge in [0.1, 0.15) is 0 Å². The number of thioether (sulfide) groups is 1. The van der Waals surface area contributed by atoms with Crippen LogP contribution in [0.15, 0.2) is 52.5 Å². The molecule has 0 saturated carbocycles. The van der Waals surface area contributed by atoms with Gasteiger partial charge in [-0.25, -0.2) is 5.53 Å². The van der Waals surface area contributed by atoms with Gasteiger partial charge >= 0.3 is 126 Å². The number of halogens is 1. The average molecular weight is 484 g/mol. The summed E-state index contributed by atoms with van der Waals surface area (Å²) in [6.45, 7) is 6.76. The Balaban J connectivity index is 1.56. The first-order chi connectivity index (χ1) is 12.2. The van der Waals surface area contributed by atoms with Crippen molar-refractivity contribution in [1.29, 1.82) is 5.53 Å². The molecule has 3 rings (SSSR count). The molecular weight excluding hydrogens is 468 g/mol. The van der Waals surface area contributed by atoms with E-state index in [9.17, 15) is 0 Å². The molecule has 0 fully saturated rings. The van der Waals surface area contributed by atoms with Gasteiger partial charge in [-0.15, -0.1) is 0 Å². The molecule has 0 amide bonds. The predicted molar refractivity (Wildman–Crippen MR) is 113 cm³/mol. The second kappa shape index (κ2) is 9.15. The van der Waals surface area contributed by atoms with Crippen molar-refractivity contribution in [2.75, 3.05) is 18.5 Å². The topological polar surface area (TPSA) is 66.7 Å². The number of nitrogens with zero attached hydrogens (tertiary/aromatic N) is 1. The van der Waals surface area contributed by atoms with Crippen LogP contribution in [-0.4, -0.2) is 19.7 Å². The van der Waals surface area contributed by atoms with Crippen LogP contribution in [0.4, 0.5) is 11.4 Å². The van der Waals surface area contributed by atoms with Crippen molar-refractivity contribution in [2.24, 2.45) is 5.11 Å². The molecule has 9 heteroatoms. The van der Waals surface area contributed by atoms with E-state index in [4.69, 9.17) is 21.0 Å². The molecule has 0 bridgehead atoms. The van der Waals surface area contributed by atoms with Crippen LogP contribution in [0.25, 0.3) is 0 Å². The van der Waals surface area contributed by atoms with E-state index in [0.717, 1.165) is 23.4 Å². The van der Waals surface area contributed by atoms with Crippen LogP contribution in [-0.2, 0) is 11.8 Å². The van der Waals surface area contributed by atoms with Crippen LogP contribution < -0.4 is 10.1 Å². The van der Waals surface area contributed by atoms with Crippen molar-refractivity contribution in [2.45, 2.75) is 16.7 Å². The Kier molecular flexibility index (Phi) is 6.91. The Labute approximate surface area is 166 Å².